The molecule has 1 rings (SSSR count). The number of rotatable bonds is 4. The van der Waals surface area contributed by atoms with Crippen LogP contribution in [-0.4, -0.2) is 28.5 Å². The summed E-state index contributed by atoms with van der Waals surface area (Å²) < 4.78 is 5.15. The SMILES string of the molecule is Cc1nc(C)c(C(=O)CC(C)NC(=O)OC(C)(C)C)s1. The van der Waals surface area contributed by atoms with Crippen LogP contribution in [0.25, 0.3) is 0 Å². The van der Waals surface area contributed by atoms with Crippen LogP contribution in [0.4, 0.5) is 4.79 Å². The summed E-state index contributed by atoms with van der Waals surface area (Å²) in [6.07, 6.45) is -0.267. The van der Waals surface area contributed by atoms with E-state index in [9.17, 15) is 9.59 Å². The van der Waals surface area contributed by atoms with Crippen molar-refractivity contribution in [1.82, 2.24) is 10.3 Å². The minimum atomic E-state index is -0.542. The fourth-order valence-electron chi connectivity index (χ4n) is 1.72. The number of Topliss-reactive ketones (excluding diaryl/α,β-unsaturated/α-hetero) is 1. The van der Waals surface area contributed by atoms with Gasteiger partial charge in [-0.25, -0.2) is 9.78 Å². The van der Waals surface area contributed by atoms with Crippen LogP contribution in [0.3, 0.4) is 0 Å². The van der Waals surface area contributed by atoms with Crippen molar-refractivity contribution in [2.24, 2.45) is 0 Å². The Bertz CT molecular complexity index is 503. The molecule has 0 fully saturated rings. The van der Waals surface area contributed by atoms with Crippen LogP contribution in [0, 0.1) is 13.8 Å². The topological polar surface area (TPSA) is 68.3 Å². The highest BCUT2D eigenvalue weighted by Gasteiger charge is 2.21. The van der Waals surface area contributed by atoms with Crippen molar-refractivity contribution >= 4 is 23.2 Å². The molecule has 1 unspecified atom stereocenters. The molecule has 0 bridgehead atoms. The maximum atomic E-state index is 12.1. The van der Waals surface area contributed by atoms with E-state index in [1.54, 1.807) is 27.7 Å². The summed E-state index contributed by atoms with van der Waals surface area (Å²) in [5, 5.41) is 3.54. The number of nitrogens with zero attached hydrogens (tertiary/aromatic N) is 1. The Hall–Kier alpha value is -1.43. The molecule has 0 aliphatic carbocycles. The molecule has 112 valence electrons. The number of aryl methyl sites for hydroxylation is 2. The highest BCUT2D eigenvalue weighted by Crippen LogP contribution is 2.19. The molecule has 5 nitrogen and oxygen atoms in total. The van der Waals surface area contributed by atoms with Gasteiger partial charge in [-0.2, -0.15) is 0 Å². The zero-order valence-corrected chi connectivity index (χ0v) is 13.7. The molecule has 0 aliphatic rings. The van der Waals surface area contributed by atoms with E-state index in [0.717, 1.165) is 10.7 Å². The average Bonchev–Trinajstić information content (AvgIpc) is 2.54. The number of thiazole rings is 1. The number of hydrogen-bond donors (Lipinski definition) is 1. The van der Waals surface area contributed by atoms with Crippen molar-refractivity contribution in [1.29, 1.82) is 0 Å². The van der Waals surface area contributed by atoms with Crippen molar-refractivity contribution < 1.29 is 14.3 Å². The maximum absolute atomic E-state index is 12.1. The molecular weight excluding hydrogens is 276 g/mol. The fraction of sp³-hybridized carbons (Fsp3) is 0.643. The monoisotopic (exact) mass is 298 g/mol. The molecule has 0 saturated heterocycles. The molecule has 0 radical (unpaired) electrons. The second-order valence-corrected chi connectivity index (χ2v) is 7.03. The largest absolute Gasteiger partial charge is 0.444 e. The van der Waals surface area contributed by atoms with Crippen molar-refractivity contribution in [2.75, 3.05) is 0 Å². The zero-order valence-electron chi connectivity index (χ0n) is 12.9. The quantitative estimate of drug-likeness (QED) is 0.866. The first-order valence-electron chi connectivity index (χ1n) is 6.55. The first kappa shape index (κ1) is 16.6. The number of ether oxygens (including phenoxy) is 1. The molecule has 1 aromatic heterocycles. The van der Waals surface area contributed by atoms with Crippen LogP contribution in [0.1, 0.15) is 54.5 Å². The number of alkyl carbamates (subject to hydrolysis) is 1. The average molecular weight is 298 g/mol. The van der Waals surface area contributed by atoms with Crippen LogP contribution < -0.4 is 5.32 Å². The third-order valence-electron chi connectivity index (χ3n) is 2.41. The number of amides is 1. The number of nitrogens with one attached hydrogen (secondary N) is 1. The van der Waals surface area contributed by atoms with Crippen LogP contribution in [0.15, 0.2) is 0 Å². The summed E-state index contributed by atoms with van der Waals surface area (Å²) in [5.41, 5.74) is 0.209. The molecule has 20 heavy (non-hydrogen) atoms. The number of carbonyl (C=O) groups is 2. The third kappa shape index (κ3) is 5.28. The van der Waals surface area contributed by atoms with Gasteiger partial charge in [-0.05, 0) is 41.5 Å². The standard InChI is InChI=1S/C14H22N2O3S/c1-8(15-13(18)19-14(4,5)6)7-11(17)12-9(2)16-10(3)20-12/h8H,7H2,1-6H3,(H,15,18). The Morgan fingerprint density at radius 2 is 1.95 bits per heavy atom. The minimum absolute atomic E-state index is 0.00309. The highest BCUT2D eigenvalue weighted by atomic mass is 32.1. The highest BCUT2D eigenvalue weighted by molar-refractivity contribution is 7.13. The Morgan fingerprint density at radius 3 is 2.40 bits per heavy atom. The number of hydrogen-bond acceptors (Lipinski definition) is 5. The van der Waals surface area contributed by atoms with E-state index in [1.165, 1.54) is 11.3 Å². The van der Waals surface area contributed by atoms with Gasteiger partial charge in [-0.15, -0.1) is 11.3 Å². The van der Waals surface area contributed by atoms with Gasteiger partial charge in [0.05, 0.1) is 15.6 Å². The number of aromatic nitrogens is 1. The molecule has 6 heteroatoms. The van der Waals surface area contributed by atoms with E-state index in [2.05, 4.69) is 10.3 Å². The van der Waals surface area contributed by atoms with E-state index in [-0.39, 0.29) is 18.2 Å². The molecule has 0 aliphatic heterocycles. The van der Waals surface area contributed by atoms with E-state index in [0.29, 0.717) is 4.88 Å². The van der Waals surface area contributed by atoms with Crippen molar-refractivity contribution in [2.45, 2.75) is 59.6 Å². The molecule has 0 spiro atoms. The second kappa shape index (κ2) is 6.35. The van der Waals surface area contributed by atoms with E-state index >= 15 is 0 Å². The normalized spacial score (nSPS) is 12.9. The van der Waals surface area contributed by atoms with Gasteiger partial charge in [0, 0.05) is 12.5 Å². The summed E-state index contributed by atoms with van der Waals surface area (Å²) in [7, 11) is 0. The summed E-state index contributed by atoms with van der Waals surface area (Å²) in [5.74, 6) is -0.00309. The maximum Gasteiger partial charge on any atom is 0.407 e. The Labute approximate surface area is 123 Å². The Morgan fingerprint density at radius 1 is 1.35 bits per heavy atom. The van der Waals surface area contributed by atoms with Crippen LogP contribution in [0.2, 0.25) is 0 Å². The first-order valence-corrected chi connectivity index (χ1v) is 7.37. The minimum Gasteiger partial charge on any atom is -0.444 e. The summed E-state index contributed by atoms with van der Waals surface area (Å²) >= 11 is 1.39. The summed E-state index contributed by atoms with van der Waals surface area (Å²) in [6, 6.07) is -0.279. The van der Waals surface area contributed by atoms with Gasteiger partial charge in [-0.1, -0.05) is 0 Å². The zero-order chi connectivity index (χ0) is 15.5. The molecule has 1 atom stereocenters. The molecule has 1 N–H and O–H groups in total. The molecule has 0 aromatic carbocycles. The van der Waals surface area contributed by atoms with Gasteiger partial charge in [0.15, 0.2) is 5.78 Å². The number of carbonyl (C=O) groups excluding carboxylic acids is 2. The predicted molar refractivity (Wildman–Crippen MR) is 79.4 cm³/mol. The van der Waals surface area contributed by atoms with Gasteiger partial charge >= 0.3 is 6.09 Å². The number of ketones is 1. The van der Waals surface area contributed by atoms with E-state index in [4.69, 9.17) is 4.74 Å². The summed E-state index contributed by atoms with van der Waals surface area (Å²) in [4.78, 5) is 28.6. The summed E-state index contributed by atoms with van der Waals surface area (Å²) in [6.45, 7) is 10.9. The van der Waals surface area contributed by atoms with Crippen LogP contribution in [-0.2, 0) is 4.74 Å². The van der Waals surface area contributed by atoms with E-state index in [1.807, 2.05) is 13.8 Å². The van der Waals surface area contributed by atoms with Crippen LogP contribution >= 0.6 is 11.3 Å². The van der Waals surface area contributed by atoms with Gasteiger partial charge in [0.1, 0.15) is 5.60 Å². The van der Waals surface area contributed by atoms with Crippen molar-refractivity contribution in [3.8, 4) is 0 Å². The predicted octanol–water partition coefficient (Wildman–Crippen LogP) is 3.25. The molecule has 1 heterocycles. The first-order chi connectivity index (χ1) is 9.08. The van der Waals surface area contributed by atoms with Gasteiger partial charge < -0.3 is 10.1 Å². The van der Waals surface area contributed by atoms with Crippen molar-refractivity contribution in [3.63, 3.8) is 0 Å². The van der Waals surface area contributed by atoms with Gasteiger partial charge in [-0.3, -0.25) is 4.79 Å². The Balaban J connectivity index is 2.54. The van der Waals surface area contributed by atoms with Gasteiger partial charge in [0.25, 0.3) is 0 Å². The lowest BCUT2D eigenvalue weighted by atomic mass is 10.1. The Kier molecular flexibility index (Phi) is 5.28. The third-order valence-corrected chi connectivity index (χ3v) is 3.53. The van der Waals surface area contributed by atoms with Crippen LogP contribution in [0.5, 0.6) is 0 Å². The second-order valence-electron chi connectivity index (χ2n) is 5.82. The lowest BCUT2D eigenvalue weighted by Crippen LogP contribution is -2.38. The van der Waals surface area contributed by atoms with E-state index < -0.39 is 11.7 Å². The molecular formula is C14H22N2O3S. The van der Waals surface area contributed by atoms with Gasteiger partial charge in [0.2, 0.25) is 0 Å². The molecule has 1 amide bonds. The molecule has 0 saturated carbocycles. The fourth-order valence-corrected chi connectivity index (χ4v) is 2.59. The lowest BCUT2D eigenvalue weighted by Gasteiger charge is -2.21. The smallest absolute Gasteiger partial charge is 0.407 e. The molecule has 1 aromatic rings. The lowest BCUT2D eigenvalue weighted by molar-refractivity contribution is 0.0506. The van der Waals surface area contributed by atoms with Crippen molar-refractivity contribution in [3.05, 3.63) is 15.6 Å².